The van der Waals surface area contributed by atoms with E-state index in [2.05, 4.69) is 26.5 Å². The molecule has 1 aliphatic heterocycles. The van der Waals surface area contributed by atoms with Gasteiger partial charge in [0.05, 0.1) is 17.7 Å². The van der Waals surface area contributed by atoms with Crippen molar-refractivity contribution in [2.45, 2.75) is 12.8 Å². The lowest BCUT2D eigenvalue weighted by atomic mass is 10.0. The summed E-state index contributed by atoms with van der Waals surface area (Å²) < 4.78 is 6.89. The number of amides is 2. The number of pyridine rings is 1. The van der Waals surface area contributed by atoms with E-state index in [4.69, 9.17) is 14.9 Å². The Morgan fingerprint density at radius 1 is 1.27 bits per heavy atom. The first-order valence-corrected chi connectivity index (χ1v) is 10.0. The molecule has 0 spiro atoms. The molecule has 4 aromatic rings. The maximum absolute atomic E-state index is 13.0. The van der Waals surface area contributed by atoms with Crippen molar-refractivity contribution in [1.29, 1.82) is 5.26 Å². The molecule has 11 nitrogen and oxygen atoms in total. The average molecular weight is 443 g/mol. The van der Waals surface area contributed by atoms with Crippen molar-refractivity contribution in [1.82, 2.24) is 24.4 Å². The Balaban J connectivity index is 1.37. The smallest absolute Gasteiger partial charge is 0.407 e. The van der Waals surface area contributed by atoms with Gasteiger partial charge >= 0.3 is 6.09 Å². The van der Waals surface area contributed by atoms with Gasteiger partial charge in [0.15, 0.2) is 0 Å². The van der Waals surface area contributed by atoms with Crippen LogP contribution in [0.3, 0.4) is 0 Å². The van der Waals surface area contributed by atoms with E-state index in [0.29, 0.717) is 53.0 Å². The van der Waals surface area contributed by atoms with Gasteiger partial charge in [-0.1, -0.05) is 17.3 Å². The summed E-state index contributed by atoms with van der Waals surface area (Å²) in [5.41, 5.74) is 3.31. The van der Waals surface area contributed by atoms with E-state index in [1.165, 1.54) is 11.1 Å². The molecule has 0 atom stereocenters. The van der Waals surface area contributed by atoms with E-state index in [9.17, 15) is 9.59 Å². The lowest BCUT2D eigenvalue weighted by Gasteiger charge is -2.34. The van der Waals surface area contributed by atoms with Crippen LogP contribution in [0.15, 0.2) is 47.2 Å². The third-order valence-corrected chi connectivity index (χ3v) is 5.55. The summed E-state index contributed by atoms with van der Waals surface area (Å²) in [5.74, 6) is 0.228. The number of imidazole rings is 1. The van der Waals surface area contributed by atoms with Crippen molar-refractivity contribution < 1.29 is 19.2 Å². The van der Waals surface area contributed by atoms with Crippen LogP contribution in [0.2, 0.25) is 0 Å². The second-order valence-corrected chi connectivity index (χ2v) is 7.73. The fourth-order valence-corrected chi connectivity index (χ4v) is 3.61. The summed E-state index contributed by atoms with van der Waals surface area (Å²) in [6, 6.07) is 10.8. The van der Waals surface area contributed by atoms with Crippen LogP contribution in [-0.4, -0.2) is 54.6 Å². The van der Waals surface area contributed by atoms with Crippen LogP contribution in [0.25, 0.3) is 17.0 Å². The molecule has 1 aliphatic rings. The minimum Gasteiger partial charge on any atom is -0.465 e. The Kier molecular flexibility index (Phi) is 4.75. The van der Waals surface area contributed by atoms with Gasteiger partial charge in [-0.25, -0.2) is 9.78 Å². The van der Waals surface area contributed by atoms with Gasteiger partial charge in [0.1, 0.15) is 17.4 Å². The van der Waals surface area contributed by atoms with Crippen LogP contribution in [-0.2, 0) is 0 Å². The van der Waals surface area contributed by atoms with Gasteiger partial charge in [0.2, 0.25) is 11.7 Å². The number of nitrogens with zero attached hydrogens (tertiary/aromatic N) is 6. The van der Waals surface area contributed by atoms with Crippen LogP contribution in [0.1, 0.15) is 33.4 Å². The highest BCUT2D eigenvalue weighted by molar-refractivity contribution is 6.04. The normalized spacial score (nSPS) is 13.5. The number of carbonyl (C=O) groups is 2. The summed E-state index contributed by atoms with van der Waals surface area (Å²) in [4.78, 5) is 33.8. The number of fused-ring (bicyclic) bond motifs is 1. The summed E-state index contributed by atoms with van der Waals surface area (Å²) >= 11 is 0. The number of aryl methyl sites for hydroxylation is 1. The zero-order valence-corrected chi connectivity index (χ0v) is 17.4. The minimum absolute atomic E-state index is 0.125. The molecule has 1 saturated heterocycles. The van der Waals surface area contributed by atoms with Gasteiger partial charge < -0.3 is 19.8 Å². The Bertz CT molecular complexity index is 1440. The summed E-state index contributed by atoms with van der Waals surface area (Å²) in [5, 5.41) is 25.0. The predicted octanol–water partition coefficient (Wildman–Crippen LogP) is 2.89. The van der Waals surface area contributed by atoms with E-state index in [-0.39, 0.29) is 11.8 Å². The fraction of sp³-hybridized carbons (Fsp3) is 0.182. The number of rotatable bonds is 4. The molecule has 3 aromatic heterocycles. The van der Waals surface area contributed by atoms with E-state index < -0.39 is 6.09 Å². The molecule has 4 heterocycles. The highest BCUT2D eigenvalue weighted by Crippen LogP contribution is 2.29. The zero-order valence-electron chi connectivity index (χ0n) is 17.4. The van der Waals surface area contributed by atoms with Gasteiger partial charge in [-0.2, -0.15) is 10.2 Å². The van der Waals surface area contributed by atoms with Crippen molar-refractivity contribution in [3.8, 4) is 17.5 Å². The minimum atomic E-state index is -0.972. The van der Waals surface area contributed by atoms with Crippen molar-refractivity contribution in [3.63, 3.8) is 0 Å². The van der Waals surface area contributed by atoms with E-state index in [0.717, 1.165) is 5.56 Å². The number of nitriles is 1. The molecule has 0 aliphatic carbocycles. The molecule has 0 saturated carbocycles. The molecule has 0 bridgehead atoms. The number of likely N-dealkylation sites (tertiary alicyclic amines) is 1. The number of benzene rings is 1. The maximum atomic E-state index is 13.0. The molecule has 0 unspecified atom stereocenters. The molecule has 2 N–H and O–H groups in total. The monoisotopic (exact) mass is 443 g/mol. The molecule has 11 heteroatoms. The van der Waals surface area contributed by atoms with Gasteiger partial charge in [-0.3, -0.25) is 9.20 Å². The third-order valence-electron chi connectivity index (χ3n) is 5.55. The molecule has 33 heavy (non-hydrogen) atoms. The SMILES string of the molecule is Cc1ccc(-c2noc(C3CN(C(=O)O)C3)n2)cc1NC(=O)c1cnc2ccc(C#N)cn12. The molecule has 1 fully saturated rings. The first-order chi connectivity index (χ1) is 15.9. The number of hydrogen-bond acceptors (Lipinski definition) is 7. The predicted molar refractivity (Wildman–Crippen MR) is 115 cm³/mol. The summed E-state index contributed by atoms with van der Waals surface area (Å²) in [7, 11) is 0. The van der Waals surface area contributed by atoms with E-state index >= 15 is 0 Å². The number of carboxylic acid groups (broad SMARTS) is 1. The number of hydrogen-bond donors (Lipinski definition) is 2. The summed E-state index contributed by atoms with van der Waals surface area (Å²) in [6.45, 7) is 2.50. The Labute approximate surface area is 186 Å². The van der Waals surface area contributed by atoms with Crippen LogP contribution in [0, 0.1) is 18.3 Å². The third kappa shape index (κ3) is 3.63. The molecule has 0 radical (unpaired) electrons. The number of anilines is 1. The molecular weight excluding hydrogens is 426 g/mol. The Hall–Kier alpha value is -4.72. The van der Waals surface area contributed by atoms with Crippen molar-refractivity contribution in [3.05, 3.63) is 65.4 Å². The Morgan fingerprint density at radius 3 is 2.85 bits per heavy atom. The van der Waals surface area contributed by atoms with Gasteiger partial charge in [-0.15, -0.1) is 0 Å². The average Bonchev–Trinajstić information content (AvgIpc) is 3.41. The molecular formula is C22H17N7O4. The topological polar surface area (TPSA) is 150 Å². The first-order valence-electron chi connectivity index (χ1n) is 10.0. The molecule has 2 amide bonds. The van der Waals surface area contributed by atoms with E-state index in [1.54, 1.807) is 28.8 Å². The maximum Gasteiger partial charge on any atom is 0.407 e. The fourth-order valence-electron chi connectivity index (χ4n) is 3.61. The lowest BCUT2D eigenvalue weighted by molar-refractivity contribution is 0.0958. The standard InChI is InChI=1S/C22H17N7O4/c1-12-2-4-14(19-26-21(33-27-19)15-10-28(11-15)22(31)32)6-16(12)25-20(30)17-8-24-18-5-3-13(7-23)9-29(17)18/h2-6,8-9,15H,10-11H2,1H3,(H,25,30)(H,31,32). The molecule has 164 valence electrons. The van der Waals surface area contributed by atoms with E-state index in [1.807, 2.05) is 19.1 Å². The largest absolute Gasteiger partial charge is 0.465 e. The van der Waals surface area contributed by atoms with Crippen LogP contribution in [0.5, 0.6) is 0 Å². The second-order valence-electron chi connectivity index (χ2n) is 7.73. The van der Waals surface area contributed by atoms with Gasteiger partial charge in [0, 0.05) is 30.5 Å². The van der Waals surface area contributed by atoms with Crippen molar-refractivity contribution >= 4 is 23.3 Å². The highest BCUT2D eigenvalue weighted by atomic mass is 16.5. The van der Waals surface area contributed by atoms with Crippen LogP contribution < -0.4 is 5.32 Å². The summed E-state index contributed by atoms with van der Waals surface area (Å²) in [6.07, 6.45) is 2.04. The van der Waals surface area contributed by atoms with Gasteiger partial charge in [-0.05, 0) is 30.7 Å². The molecule has 5 rings (SSSR count). The zero-order chi connectivity index (χ0) is 23.1. The quantitative estimate of drug-likeness (QED) is 0.489. The lowest BCUT2D eigenvalue weighted by Crippen LogP contribution is -2.47. The second kappa shape index (κ2) is 7.76. The van der Waals surface area contributed by atoms with Gasteiger partial charge in [0.25, 0.3) is 5.91 Å². The number of aromatic nitrogens is 4. The number of carbonyl (C=O) groups excluding carboxylic acids is 1. The van der Waals surface area contributed by atoms with Crippen LogP contribution >= 0.6 is 0 Å². The highest BCUT2D eigenvalue weighted by Gasteiger charge is 2.35. The van der Waals surface area contributed by atoms with Crippen molar-refractivity contribution in [2.24, 2.45) is 0 Å². The first kappa shape index (κ1) is 20.2. The van der Waals surface area contributed by atoms with Crippen molar-refractivity contribution in [2.75, 3.05) is 18.4 Å². The number of nitrogens with one attached hydrogen (secondary N) is 1. The molecule has 1 aromatic carbocycles. The Morgan fingerprint density at radius 2 is 2.09 bits per heavy atom. The van der Waals surface area contributed by atoms with Crippen LogP contribution in [0.4, 0.5) is 10.5 Å².